The fourth-order valence-corrected chi connectivity index (χ4v) is 4.75. The zero-order valence-corrected chi connectivity index (χ0v) is 19.5. The third kappa shape index (κ3) is 6.34. The Morgan fingerprint density at radius 3 is 2.26 bits per heavy atom. The van der Waals surface area contributed by atoms with Crippen LogP contribution in [0.25, 0.3) is 0 Å². The second kappa shape index (κ2) is 10.8. The van der Waals surface area contributed by atoms with Gasteiger partial charge in [0.05, 0.1) is 19.3 Å². The Labute approximate surface area is 193 Å². The zero-order chi connectivity index (χ0) is 21.5. The highest BCUT2D eigenvalue weighted by atomic mass is 79.9. The topological polar surface area (TPSA) is 27.7 Å². The third-order valence-electron chi connectivity index (χ3n) is 5.76. The summed E-state index contributed by atoms with van der Waals surface area (Å²) in [6.45, 7) is 0.593. The molecule has 1 fully saturated rings. The lowest BCUT2D eigenvalue weighted by Gasteiger charge is -2.33. The quantitative estimate of drug-likeness (QED) is 0.328. The number of methoxy groups -OCH3 is 1. The minimum Gasteiger partial charge on any atom is -0.497 e. The van der Waals surface area contributed by atoms with Crippen molar-refractivity contribution >= 4 is 15.9 Å². The monoisotopic (exact) mass is 480 g/mol. The molecular weight excluding hydrogens is 452 g/mol. The normalized spacial score (nSPS) is 20.9. The van der Waals surface area contributed by atoms with Crippen molar-refractivity contribution in [2.24, 2.45) is 0 Å². The number of benzene rings is 3. The van der Waals surface area contributed by atoms with Gasteiger partial charge in [-0.05, 0) is 66.6 Å². The van der Waals surface area contributed by atoms with E-state index in [4.69, 9.17) is 14.2 Å². The number of hydrogen-bond donors (Lipinski definition) is 0. The fraction of sp³-hybridized carbons (Fsp3) is 0.333. The molecule has 162 valence electrons. The van der Waals surface area contributed by atoms with Gasteiger partial charge in [-0.25, -0.2) is 0 Å². The Kier molecular flexibility index (Phi) is 7.66. The van der Waals surface area contributed by atoms with E-state index in [1.165, 1.54) is 16.7 Å². The smallest absolute Gasteiger partial charge is 0.119 e. The van der Waals surface area contributed by atoms with E-state index < -0.39 is 0 Å². The van der Waals surface area contributed by atoms with E-state index in [1.54, 1.807) is 7.11 Å². The maximum atomic E-state index is 6.45. The predicted molar refractivity (Wildman–Crippen MR) is 128 cm³/mol. The maximum Gasteiger partial charge on any atom is 0.119 e. The van der Waals surface area contributed by atoms with Crippen molar-refractivity contribution in [3.8, 4) is 11.5 Å². The molecule has 3 nitrogen and oxygen atoms in total. The van der Waals surface area contributed by atoms with Gasteiger partial charge in [-0.15, -0.1) is 0 Å². The Bertz CT molecular complexity index is 925. The van der Waals surface area contributed by atoms with Gasteiger partial charge in [0.1, 0.15) is 18.1 Å². The highest BCUT2D eigenvalue weighted by Gasteiger charge is 2.29. The number of ether oxygens (including phenoxy) is 3. The first-order chi connectivity index (χ1) is 15.2. The van der Waals surface area contributed by atoms with Gasteiger partial charge in [-0.2, -0.15) is 0 Å². The summed E-state index contributed by atoms with van der Waals surface area (Å²) >= 11 is 3.85. The van der Waals surface area contributed by atoms with E-state index in [9.17, 15) is 0 Å². The number of alkyl halides is 1. The van der Waals surface area contributed by atoms with Crippen LogP contribution in [0.1, 0.15) is 42.1 Å². The van der Waals surface area contributed by atoms with Crippen LogP contribution in [-0.4, -0.2) is 18.0 Å². The largest absolute Gasteiger partial charge is 0.497 e. The summed E-state index contributed by atoms with van der Waals surface area (Å²) in [4.78, 5) is 0.479. The number of rotatable bonds is 8. The van der Waals surface area contributed by atoms with E-state index in [0.717, 1.165) is 37.2 Å². The van der Waals surface area contributed by atoms with Crippen LogP contribution in [0, 0.1) is 0 Å². The minimum atomic E-state index is 0.128. The number of aryl methyl sites for hydroxylation is 1. The van der Waals surface area contributed by atoms with E-state index >= 15 is 0 Å². The van der Waals surface area contributed by atoms with E-state index in [-0.39, 0.29) is 12.2 Å². The standard InChI is InChI=1S/C27H29BrO3/c1-29-24-15-10-22(11-16-24)27-18-23(28)17-26(31-27)14-9-20-7-12-25(13-8-20)30-19-21-5-3-2-4-6-21/h2-8,10-13,15-16,23,26-27H,9,14,17-19H2,1H3/t23-,26+,27+/m1/s1. The SMILES string of the molecule is COc1ccc([C@@H]2C[C@H](Br)C[C@H](CCc3ccc(OCc4ccccc4)cc3)O2)cc1. The van der Waals surface area contributed by atoms with Crippen molar-refractivity contribution in [1.82, 2.24) is 0 Å². The van der Waals surface area contributed by atoms with E-state index in [1.807, 2.05) is 30.3 Å². The molecular formula is C27H29BrO3. The van der Waals surface area contributed by atoms with Crippen LogP contribution in [0.3, 0.4) is 0 Å². The number of hydrogen-bond acceptors (Lipinski definition) is 3. The molecule has 31 heavy (non-hydrogen) atoms. The molecule has 0 aromatic heterocycles. The van der Waals surface area contributed by atoms with Gasteiger partial charge in [-0.3, -0.25) is 0 Å². The molecule has 0 aliphatic carbocycles. The van der Waals surface area contributed by atoms with Crippen molar-refractivity contribution in [2.45, 2.75) is 49.3 Å². The molecule has 0 N–H and O–H groups in total. The van der Waals surface area contributed by atoms with Crippen molar-refractivity contribution < 1.29 is 14.2 Å². The van der Waals surface area contributed by atoms with Crippen molar-refractivity contribution in [3.63, 3.8) is 0 Å². The minimum absolute atomic E-state index is 0.128. The summed E-state index contributed by atoms with van der Waals surface area (Å²) in [5.41, 5.74) is 3.71. The Morgan fingerprint density at radius 2 is 1.55 bits per heavy atom. The molecule has 0 spiro atoms. The molecule has 1 saturated heterocycles. The second-order valence-corrected chi connectivity index (χ2v) is 9.34. The predicted octanol–water partition coefficient (Wildman–Crippen LogP) is 6.89. The molecule has 1 aliphatic rings. The molecule has 0 bridgehead atoms. The fourth-order valence-electron chi connectivity index (χ4n) is 4.00. The molecule has 4 rings (SSSR count). The third-order valence-corrected chi connectivity index (χ3v) is 6.51. The molecule has 4 heteroatoms. The van der Waals surface area contributed by atoms with Gasteiger partial charge < -0.3 is 14.2 Å². The maximum absolute atomic E-state index is 6.45. The first kappa shape index (κ1) is 21.9. The van der Waals surface area contributed by atoms with Gasteiger partial charge in [0, 0.05) is 4.83 Å². The van der Waals surface area contributed by atoms with Crippen LogP contribution in [0.2, 0.25) is 0 Å². The molecule has 0 amide bonds. The highest BCUT2D eigenvalue weighted by Crippen LogP contribution is 2.36. The van der Waals surface area contributed by atoms with Gasteiger partial charge in [0.15, 0.2) is 0 Å². The second-order valence-electron chi connectivity index (χ2n) is 8.05. The van der Waals surface area contributed by atoms with Crippen LogP contribution in [-0.2, 0) is 17.8 Å². The lowest BCUT2D eigenvalue weighted by molar-refractivity contribution is -0.0512. The number of halogens is 1. The van der Waals surface area contributed by atoms with Crippen LogP contribution in [0.15, 0.2) is 78.9 Å². The van der Waals surface area contributed by atoms with Crippen LogP contribution >= 0.6 is 15.9 Å². The van der Waals surface area contributed by atoms with Crippen LogP contribution in [0.5, 0.6) is 11.5 Å². The van der Waals surface area contributed by atoms with Gasteiger partial charge in [0.25, 0.3) is 0 Å². The Morgan fingerprint density at radius 1 is 0.839 bits per heavy atom. The summed E-state index contributed by atoms with van der Waals surface area (Å²) in [6.07, 6.45) is 4.43. The van der Waals surface area contributed by atoms with Crippen molar-refractivity contribution in [2.75, 3.05) is 7.11 Å². The lowest BCUT2D eigenvalue weighted by Crippen LogP contribution is -2.29. The Hall–Kier alpha value is -2.30. The first-order valence-electron chi connectivity index (χ1n) is 10.9. The van der Waals surface area contributed by atoms with Crippen LogP contribution < -0.4 is 9.47 Å². The molecule has 3 aromatic carbocycles. The van der Waals surface area contributed by atoms with E-state index in [2.05, 4.69) is 64.5 Å². The molecule has 0 unspecified atom stereocenters. The zero-order valence-electron chi connectivity index (χ0n) is 17.9. The van der Waals surface area contributed by atoms with Crippen molar-refractivity contribution in [1.29, 1.82) is 0 Å². The van der Waals surface area contributed by atoms with Gasteiger partial charge >= 0.3 is 0 Å². The highest BCUT2D eigenvalue weighted by molar-refractivity contribution is 9.09. The molecule has 0 radical (unpaired) electrons. The Balaban J connectivity index is 1.28. The molecule has 1 aliphatic heterocycles. The van der Waals surface area contributed by atoms with Gasteiger partial charge in [-0.1, -0.05) is 70.5 Å². The summed E-state index contributed by atoms with van der Waals surface area (Å²) < 4.78 is 17.6. The van der Waals surface area contributed by atoms with Crippen molar-refractivity contribution in [3.05, 3.63) is 95.6 Å². The molecule has 0 saturated carbocycles. The summed E-state index contributed by atoms with van der Waals surface area (Å²) in [5, 5.41) is 0. The molecule has 1 heterocycles. The average molecular weight is 481 g/mol. The summed E-state index contributed by atoms with van der Waals surface area (Å²) in [6, 6.07) is 26.9. The lowest BCUT2D eigenvalue weighted by atomic mass is 9.95. The van der Waals surface area contributed by atoms with Gasteiger partial charge in [0.2, 0.25) is 0 Å². The molecule has 3 aromatic rings. The summed E-state index contributed by atoms with van der Waals surface area (Å²) in [5.74, 6) is 1.78. The van der Waals surface area contributed by atoms with Crippen LogP contribution in [0.4, 0.5) is 0 Å². The summed E-state index contributed by atoms with van der Waals surface area (Å²) in [7, 11) is 1.69. The van der Waals surface area contributed by atoms with E-state index in [0.29, 0.717) is 11.4 Å². The average Bonchev–Trinajstić information content (AvgIpc) is 2.82. The first-order valence-corrected chi connectivity index (χ1v) is 11.8. The molecule has 3 atom stereocenters.